The molecule has 0 aliphatic heterocycles. The number of carboxylic acid groups (broad SMARTS) is 1. The minimum absolute atomic E-state index is 0.0587. The fraction of sp³-hybridized carbons (Fsp3) is 0.650. The van der Waals surface area contributed by atoms with Crippen molar-refractivity contribution in [3.8, 4) is 0 Å². The van der Waals surface area contributed by atoms with E-state index in [-0.39, 0.29) is 29.3 Å². The van der Waals surface area contributed by atoms with E-state index < -0.39 is 27.6 Å². The van der Waals surface area contributed by atoms with Crippen LogP contribution in [0.5, 0.6) is 0 Å². The van der Waals surface area contributed by atoms with Crippen LogP contribution in [0.25, 0.3) is 11.2 Å². The summed E-state index contributed by atoms with van der Waals surface area (Å²) in [6, 6.07) is 3.27. The summed E-state index contributed by atoms with van der Waals surface area (Å²) in [6.07, 6.45) is 4.53. The molecule has 3 unspecified atom stereocenters. The lowest BCUT2D eigenvalue weighted by Crippen LogP contribution is -2.29. The number of pyridine rings is 1. The molecule has 29 heavy (non-hydrogen) atoms. The van der Waals surface area contributed by atoms with Gasteiger partial charge in [0.05, 0.1) is 16.5 Å². The third-order valence-corrected chi connectivity index (χ3v) is 8.51. The fourth-order valence-corrected chi connectivity index (χ4v) is 5.73. The molecular formula is C20H29N3O5S. The van der Waals surface area contributed by atoms with Crippen LogP contribution < -0.4 is 5.69 Å². The van der Waals surface area contributed by atoms with Crippen LogP contribution in [0.4, 0.5) is 0 Å². The first-order chi connectivity index (χ1) is 13.6. The predicted octanol–water partition coefficient (Wildman–Crippen LogP) is 2.47. The number of hydrogen-bond acceptors (Lipinski definition) is 5. The standard InChI is InChI=1S/C20H29N3O5S/c1-13(2)29(27,28)12-15-7-9-16(8-6-14(15)3)23-19-17(5-4-10-21-19)22(20(23)26)11-18(24)25/h4-5,10,13-16H,6-9,11-12H2,1-3H3,(H,24,25). The lowest BCUT2D eigenvalue weighted by Gasteiger charge is -2.22. The number of carboxylic acids is 1. The van der Waals surface area contributed by atoms with Gasteiger partial charge in [0.15, 0.2) is 15.5 Å². The topological polar surface area (TPSA) is 111 Å². The van der Waals surface area contributed by atoms with Crippen LogP contribution >= 0.6 is 0 Å². The van der Waals surface area contributed by atoms with E-state index in [2.05, 4.69) is 11.9 Å². The molecule has 0 saturated heterocycles. The Labute approximate surface area is 170 Å². The van der Waals surface area contributed by atoms with E-state index in [0.717, 1.165) is 12.8 Å². The number of aromatic nitrogens is 3. The molecule has 3 atom stereocenters. The Balaban J connectivity index is 1.93. The second kappa shape index (κ2) is 8.30. The molecule has 1 N–H and O–H groups in total. The van der Waals surface area contributed by atoms with Crippen LogP contribution in [0.15, 0.2) is 23.1 Å². The highest BCUT2D eigenvalue weighted by molar-refractivity contribution is 7.91. The van der Waals surface area contributed by atoms with E-state index in [9.17, 15) is 23.1 Å². The van der Waals surface area contributed by atoms with Crippen molar-refractivity contribution in [3.05, 3.63) is 28.8 Å². The van der Waals surface area contributed by atoms with Crippen LogP contribution in [-0.4, -0.2) is 44.6 Å². The molecule has 0 amide bonds. The van der Waals surface area contributed by atoms with Gasteiger partial charge < -0.3 is 5.11 Å². The molecule has 0 spiro atoms. The third-order valence-electron chi connectivity index (χ3n) is 6.18. The second-order valence-corrected chi connectivity index (χ2v) is 11.0. The van der Waals surface area contributed by atoms with Crippen molar-refractivity contribution in [2.75, 3.05) is 5.75 Å². The molecular weight excluding hydrogens is 394 g/mol. The molecule has 0 aromatic carbocycles. The van der Waals surface area contributed by atoms with E-state index in [1.54, 1.807) is 36.7 Å². The van der Waals surface area contributed by atoms with Gasteiger partial charge in [0.1, 0.15) is 6.54 Å². The molecule has 8 nitrogen and oxygen atoms in total. The van der Waals surface area contributed by atoms with E-state index in [0.29, 0.717) is 24.0 Å². The van der Waals surface area contributed by atoms with Crippen molar-refractivity contribution in [3.63, 3.8) is 0 Å². The minimum atomic E-state index is -3.13. The number of fused-ring (bicyclic) bond motifs is 1. The van der Waals surface area contributed by atoms with Gasteiger partial charge in [-0.1, -0.05) is 6.92 Å². The maximum atomic E-state index is 13.0. The zero-order chi connectivity index (χ0) is 21.3. The number of carbonyl (C=O) groups is 1. The van der Waals surface area contributed by atoms with Gasteiger partial charge in [-0.25, -0.2) is 18.2 Å². The van der Waals surface area contributed by atoms with Crippen LogP contribution in [0, 0.1) is 11.8 Å². The summed E-state index contributed by atoms with van der Waals surface area (Å²) >= 11 is 0. The molecule has 0 bridgehead atoms. The van der Waals surface area contributed by atoms with Crippen molar-refractivity contribution in [2.45, 2.75) is 64.3 Å². The van der Waals surface area contributed by atoms with E-state index in [1.165, 1.54) is 4.57 Å². The van der Waals surface area contributed by atoms with Crippen LogP contribution in [-0.2, 0) is 21.2 Å². The van der Waals surface area contributed by atoms with Crippen molar-refractivity contribution in [1.82, 2.24) is 14.1 Å². The molecule has 0 radical (unpaired) electrons. The molecule has 2 aromatic rings. The van der Waals surface area contributed by atoms with Crippen molar-refractivity contribution >= 4 is 27.0 Å². The summed E-state index contributed by atoms with van der Waals surface area (Å²) in [5.74, 6) is -0.608. The first-order valence-electron chi connectivity index (χ1n) is 10.1. The molecule has 3 rings (SSSR count). The number of rotatable bonds is 6. The number of hydrogen-bond donors (Lipinski definition) is 1. The van der Waals surface area contributed by atoms with Gasteiger partial charge >= 0.3 is 11.7 Å². The predicted molar refractivity (Wildman–Crippen MR) is 111 cm³/mol. The molecule has 1 saturated carbocycles. The average molecular weight is 424 g/mol. The number of imidazole rings is 1. The first-order valence-corrected chi connectivity index (χ1v) is 11.8. The zero-order valence-corrected chi connectivity index (χ0v) is 17.9. The van der Waals surface area contributed by atoms with Gasteiger partial charge in [-0.05, 0) is 63.5 Å². The van der Waals surface area contributed by atoms with E-state index in [4.69, 9.17) is 0 Å². The number of sulfone groups is 1. The summed E-state index contributed by atoms with van der Waals surface area (Å²) in [6.45, 7) is 5.09. The van der Waals surface area contributed by atoms with Crippen molar-refractivity contribution < 1.29 is 18.3 Å². The summed E-state index contributed by atoms with van der Waals surface area (Å²) < 4.78 is 27.7. The van der Waals surface area contributed by atoms with Crippen LogP contribution in [0.1, 0.15) is 52.5 Å². The summed E-state index contributed by atoms with van der Waals surface area (Å²) in [7, 11) is -3.13. The van der Waals surface area contributed by atoms with Crippen molar-refractivity contribution in [2.24, 2.45) is 11.8 Å². The van der Waals surface area contributed by atoms with Crippen LogP contribution in [0.3, 0.4) is 0 Å². The maximum Gasteiger partial charge on any atom is 0.331 e. The molecule has 9 heteroatoms. The Morgan fingerprint density at radius 1 is 1.28 bits per heavy atom. The van der Waals surface area contributed by atoms with E-state index in [1.807, 2.05) is 0 Å². The normalized spacial score (nSPS) is 23.4. The Morgan fingerprint density at radius 3 is 2.62 bits per heavy atom. The minimum Gasteiger partial charge on any atom is -0.480 e. The van der Waals surface area contributed by atoms with Gasteiger partial charge in [0, 0.05) is 12.2 Å². The first kappa shape index (κ1) is 21.5. The highest BCUT2D eigenvalue weighted by Crippen LogP contribution is 2.36. The third kappa shape index (κ3) is 4.39. The highest BCUT2D eigenvalue weighted by atomic mass is 32.2. The quantitative estimate of drug-likeness (QED) is 0.715. The Hall–Kier alpha value is -2.16. The highest BCUT2D eigenvalue weighted by Gasteiger charge is 2.32. The average Bonchev–Trinajstić information content (AvgIpc) is 2.79. The summed E-state index contributed by atoms with van der Waals surface area (Å²) in [5, 5.41) is 8.80. The van der Waals surface area contributed by atoms with Crippen LogP contribution in [0.2, 0.25) is 0 Å². The SMILES string of the molecule is CC1CCC(n2c(=O)n(CC(=O)O)c3cccnc32)CCC1CS(=O)(=O)C(C)C. The molecule has 1 aliphatic carbocycles. The summed E-state index contributed by atoms with van der Waals surface area (Å²) in [5.41, 5.74) is 0.632. The molecule has 1 fully saturated rings. The molecule has 2 heterocycles. The monoisotopic (exact) mass is 423 g/mol. The zero-order valence-electron chi connectivity index (χ0n) is 17.1. The summed E-state index contributed by atoms with van der Waals surface area (Å²) in [4.78, 5) is 28.6. The van der Waals surface area contributed by atoms with Crippen molar-refractivity contribution in [1.29, 1.82) is 0 Å². The molecule has 2 aromatic heterocycles. The largest absolute Gasteiger partial charge is 0.480 e. The molecule has 160 valence electrons. The smallest absolute Gasteiger partial charge is 0.331 e. The van der Waals surface area contributed by atoms with Gasteiger partial charge in [0.25, 0.3) is 0 Å². The number of nitrogens with zero attached hydrogens (tertiary/aromatic N) is 3. The van der Waals surface area contributed by atoms with Gasteiger partial charge in [-0.2, -0.15) is 0 Å². The van der Waals surface area contributed by atoms with Gasteiger partial charge in [0.2, 0.25) is 0 Å². The van der Waals surface area contributed by atoms with E-state index >= 15 is 0 Å². The van der Waals surface area contributed by atoms with Gasteiger partial charge in [-0.3, -0.25) is 13.9 Å². The number of aliphatic carboxylic acids is 1. The molecule has 1 aliphatic rings. The Bertz CT molecular complexity index is 1050. The lowest BCUT2D eigenvalue weighted by atomic mass is 9.91. The maximum absolute atomic E-state index is 13.0. The Kier molecular flexibility index (Phi) is 6.16. The lowest BCUT2D eigenvalue weighted by molar-refractivity contribution is -0.137. The second-order valence-electron chi connectivity index (χ2n) is 8.40. The van der Waals surface area contributed by atoms with Gasteiger partial charge in [-0.15, -0.1) is 0 Å². The fourth-order valence-electron chi connectivity index (χ4n) is 4.25. The Morgan fingerprint density at radius 2 is 1.97 bits per heavy atom.